The summed E-state index contributed by atoms with van der Waals surface area (Å²) >= 11 is 3.39. The summed E-state index contributed by atoms with van der Waals surface area (Å²) < 4.78 is 4.11. The Labute approximate surface area is 106 Å². The summed E-state index contributed by atoms with van der Waals surface area (Å²) in [5, 5.41) is 4.52. The predicted molar refractivity (Wildman–Crippen MR) is 76.6 cm³/mol. The lowest BCUT2D eigenvalue weighted by molar-refractivity contribution is 0.689. The zero-order valence-corrected chi connectivity index (χ0v) is 11.7. The first-order valence-corrected chi connectivity index (χ1v) is 7.87. The first-order chi connectivity index (χ1) is 7.75. The van der Waals surface area contributed by atoms with Crippen LogP contribution in [0.4, 0.5) is 10.8 Å². The van der Waals surface area contributed by atoms with Gasteiger partial charge in [-0.2, -0.15) is 16.1 Å². The Hall–Kier alpha value is -0.420. The molecule has 0 bridgehead atoms. The molecular weight excluding hydrogens is 238 g/mol. The number of hydrogen-bond acceptors (Lipinski definition) is 5. The van der Waals surface area contributed by atoms with Crippen molar-refractivity contribution in [1.82, 2.24) is 4.37 Å². The van der Waals surface area contributed by atoms with Gasteiger partial charge in [0.15, 0.2) is 0 Å². The SMILES string of the molecule is CSCCCCCCNc1snc(N)c1C. The topological polar surface area (TPSA) is 50.9 Å². The molecule has 0 aliphatic carbocycles. The van der Waals surface area contributed by atoms with Crippen molar-refractivity contribution in [2.45, 2.75) is 32.6 Å². The molecule has 1 heterocycles. The van der Waals surface area contributed by atoms with Crippen LogP contribution in [0.1, 0.15) is 31.2 Å². The summed E-state index contributed by atoms with van der Waals surface area (Å²) in [6, 6.07) is 0. The number of thioether (sulfide) groups is 1. The number of hydrogen-bond donors (Lipinski definition) is 2. The van der Waals surface area contributed by atoms with Gasteiger partial charge in [-0.05, 0) is 43.3 Å². The van der Waals surface area contributed by atoms with Crippen molar-refractivity contribution in [3.63, 3.8) is 0 Å². The fourth-order valence-electron chi connectivity index (χ4n) is 1.44. The van der Waals surface area contributed by atoms with Crippen molar-refractivity contribution in [2.24, 2.45) is 0 Å². The molecule has 92 valence electrons. The molecule has 0 spiro atoms. The molecule has 0 aliphatic rings. The van der Waals surface area contributed by atoms with Crippen LogP contribution in [0.15, 0.2) is 0 Å². The standard InChI is InChI=1S/C11H21N3S2/c1-9-10(12)14-16-11(9)13-7-5-3-4-6-8-15-2/h13H,3-8H2,1-2H3,(H2,12,14). The molecule has 0 aliphatic heterocycles. The predicted octanol–water partition coefficient (Wildman–Crippen LogP) is 3.37. The van der Waals surface area contributed by atoms with Gasteiger partial charge in [0.05, 0.1) is 0 Å². The van der Waals surface area contributed by atoms with Crippen LogP contribution >= 0.6 is 23.3 Å². The van der Waals surface area contributed by atoms with Gasteiger partial charge in [0.1, 0.15) is 10.8 Å². The summed E-state index contributed by atoms with van der Waals surface area (Å²) in [5.74, 6) is 1.95. The maximum atomic E-state index is 5.68. The minimum Gasteiger partial charge on any atom is -0.383 e. The Bertz CT molecular complexity index is 299. The van der Waals surface area contributed by atoms with E-state index in [0.29, 0.717) is 5.82 Å². The lowest BCUT2D eigenvalue weighted by Crippen LogP contribution is -2.01. The van der Waals surface area contributed by atoms with E-state index >= 15 is 0 Å². The van der Waals surface area contributed by atoms with Crippen LogP contribution < -0.4 is 11.1 Å². The Morgan fingerprint density at radius 2 is 2.06 bits per heavy atom. The van der Waals surface area contributed by atoms with Crippen molar-refractivity contribution in [3.05, 3.63) is 5.56 Å². The highest BCUT2D eigenvalue weighted by Gasteiger charge is 2.04. The quantitative estimate of drug-likeness (QED) is 0.703. The van der Waals surface area contributed by atoms with Gasteiger partial charge in [0.2, 0.25) is 0 Å². The lowest BCUT2D eigenvalue weighted by Gasteiger charge is -2.04. The lowest BCUT2D eigenvalue weighted by atomic mass is 10.2. The van der Waals surface area contributed by atoms with E-state index < -0.39 is 0 Å². The molecular formula is C11H21N3S2. The number of nitrogens with zero attached hydrogens (tertiary/aromatic N) is 1. The normalized spacial score (nSPS) is 10.6. The number of aromatic nitrogens is 1. The number of unbranched alkanes of at least 4 members (excludes halogenated alkanes) is 3. The van der Waals surface area contributed by atoms with Crippen LogP contribution in [0.2, 0.25) is 0 Å². The molecule has 1 rings (SSSR count). The average Bonchev–Trinajstić information content (AvgIpc) is 2.59. The largest absolute Gasteiger partial charge is 0.383 e. The second kappa shape index (κ2) is 7.79. The van der Waals surface area contributed by atoms with Crippen LogP contribution in [0, 0.1) is 6.92 Å². The smallest absolute Gasteiger partial charge is 0.142 e. The van der Waals surface area contributed by atoms with E-state index in [1.807, 2.05) is 18.7 Å². The maximum Gasteiger partial charge on any atom is 0.142 e. The first kappa shape index (κ1) is 13.6. The van der Waals surface area contributed by atoms with E-state index in [9.17, 15) is 0 Å². The molecule has 0 fully saturated rings. The highest BCUT2D eigenvalue weighted by atomic mass is 32.2. The zero-order valence-electron chi connectivity index (χ0n) is 10.1. The van der Waals surface area contributed by atoms with Gasteiger partial charge < -0.3 is 11.1 Å². The molecule has 5 heteroatoms. The van der Waals surface area contributed by atoms with Crippen molar-refractivity contribution in [3.8, 4) is 0 Å². The van der Waals surface area contributed by atoms with E-state index in [2.05, 4.69) is 15.9 Å². The molecule has 0 saturated heterocycles. The summed E-state index contributed by atoms with van der Waals surface area (Å²) in [4.78, 5) is 0. The van der Waals surface area contributed by atoms with E-state index in [-0.39, 0.29) is 0 Å². The molecule has 0 atom stereocenters. The van der Waals surface area contributed by atoms with Gasteiger partial charge in [0.25, 0.3) is 0 Å². The van der Waals surface area contributed by atoms with Crippen LogP contribution in [-0.2, 0) is 0 Å². The molecule has 1 aromatic heterocycles. The minimum atomic E-state index is 0.660. The monoisotopic (exact) mass is 259 g/mol. The molecule has 16 heavy (non-hydrogen) atoms. The number of rotatable bonds is 8. The van der Waals surface area contributed by atoms with Crippen molar-refractivity contribution >= 4 is 34.1 Å². The maximum absolute atomic E-state index is 5.68. The van der Waals surface area contributed by atoms with Crippen LogP contribution in [0.25, 0.3) is 0 Å². The third-order valence-corrected chi connectivity index (χ3v) is 4.14. The van der Waals surface area contributed by atoms with E-state index in [1.165, 1.54) is 43.0 Å². The number of nitrogens with one attached hydrogen (secondary N) is 1. The summed E-state index contributed by atoms with van der Waals surface area (Å²) in [7, 11) is 0. The fourth-order valence-corrected chi connectivity index (χ4v) is 2.67. The van der Waals surface area contributed by atoms with Crippen LogP contribution in [-0.4, -0.2) is 22.9 Å². The Balaban J connectivity index is 2.05. The molecule has 0 aromatic carbocycles. The highest BCUT2D eigenvalue weighted by Crippen LogP contribution is 2.25. The van der Waals surface area contributed by atoms with Crippen molar-refractivity contribution in [2.75, 3.05) is 29.6 Å². The third-order valence-electron chi connectivity index (χ3n) is 2.52. The fraction of sp³-hybridized carbons (Fsp3) is 0.727. The average molecular weight is 259 g/mol. The second-order valence-electron chi connectivity index (χ2n) is 3.86. The second-order valence-corrected chi connectivity index (χ2v) is 5.61. The molecule has 3 N–H and O–H groups in total. The Kier molecular flexibility index (Phi) is 6.64. The molecule has 0 unspecified atom stereocenters. The van der Waals surface area contributed by atoms with E-state index in [4.69, 9.17) is 5.73 Å². The number of nitrogens with two attached hydrogens (primary N) is 1. The molecule has 0 radical (unpaired) electrons. The first-order valence-electron chi connectivity index (χ1n) is 5.70. The summed E-state index contributed by atoms with van der Waals surface area (Å²) in [6.45, 7) is 3.04. The van der Waals surface area contributed by atoms with Gasteiger partial charge in [-0.3, -0.25) is 0 Å². The molecule has 0 amide bonds. The Morgan fingerprint density at radius 3 is 2.69 bits per heavy atom. The van der Waals surface area contributed by atoms with Gasteiger partial charge in [0, 0.05) is 12.1 Å². The van der Waals surface area contributed by atoms with Crippen molar-refractivity contribution in [1.29, 1.82) is 0 Å². The van der Waals surface area contributed by atoms with Crippen LogP contribution in [0.3, 0.4) is 0 Å². The summed E-state index contributed by atoms with van der Waals surface area (Å²) in [5.41, 5.74) is 6.77. The van der Waals surface area contributed by atoms with E-state index in [0.717, 1.165) is 17.1 Å². The van der Waals surface area contributed by atoms with Gasteiger partial charge in [-0.25, -0.2) is 0 Å². The third kappa shape index (κ3) is 4.61. The Morgan fingerprint density at radius 1 is 1.31 bits per heavy atom. The number of anilines is 2. The molecule has 1 aromatic rings. The highest BCUT2D eigenvalue weighted by molar-refractivity contribution is 7.98. The van der Waals surface area contributed by atoms with Gasteiger partial charge in [-0.1, -0.05) is 12.8 Å². The van der Waals surface area contributed by atoms with Crippen LogP contribution in [0.5, 0.6) is 0 Å². The summed E-state index contributed by atoms with van der Waals surface area (Å²) in [6.07, 6.45) is 7.38. The van der Waals surface area contributed by atoms with E-state index in [1.54, 1.807) is 0 Å². The van der Waals surface area contributed by atoms with Gasteiger partial charge in [-0.15, -0.1) is 0 Å². The van der Waals surface area contributed by atoms with Gasteiger partial charge >= 0.3 is 0 Å². The van der Waals surface area contributed by atoms with Crippen molar-refractivity contribution < 1.29 is 0 Å². The minimum absolute atomic E-state index is 0.660. The molecule has 3 nitrogen and oxygen atoms in total. The zero-order chi connectivity index (χ0) is 11.8. The number of nitrogen functional groups attached to an aromatic ring is 1. The molecule has 0 saturated carbocycles.